The van der Waals surface area contributed by atoms with Crippen LogP contribution in [0.15, 0.2) is 5.03 Å². The number of nitriles is 1. The molecule has 1 amide bonds. The molecule has 0 radical (unpaired) electrons. The van der Waals surface area contributed by atoms with Crippen LogP contribution in [0.1, 0.15) is 35.7 Å². The summed E-state index contributed by atoms with van der Waals surface area (Å²) in [4.78, 5) is 26.2. The van der Waals surface area contributed by atoms with E-state index in [0.29, 0.717) is 30.3 Å². The van der Waals surface area contributed by atoms with Gasteiger partial charge >= 0.3 is 12.1 Å². The van der Waals surface area contributed by atoms with Crippen LogP contribution >= 0.6 is 11.8 Å². The lowest BCUT2D eigenvalue weighted by atomic mass is 9.84. The fourth-order valence-electron chi connectivity index (χ4n) is 2.79. The van der Waals surface area contributed by atoms with Crippen LogP contribution in [0.2, 0.25) is 0 Å². The third-order valence-corrected chi connectivity index (χ3v) is 4.92. The fraction of sp³-hybridized carbons (Fsp3) is 0.500. The minimum Gasteiger partial charge on any atom is -0.480 e. The Morgan fingerprint density at radius 2 is 2.15 bits per heavy atom. The quantitative estimate of drug-likeness (QED) is 0.752. The van der Waals surface area contributed by atoms with E-state index in [1.165, 1.54) is 0 Å². The van der Waals surface area contributed by atoms with Crippen molar-refractivity contribution in [1.29, 1.82) is 5.26 Å². The van der Waals surface area contributed by atoms with Gasteiger partial charge in [-0.05, 0) is 30.7 Å². The number of thioether (sulfide) groups is 1. The number of carboxylic acid groups (broad SMARTS) is 1. The van der Waals surface area contributed by atoms with Gasteiger partial charge < -0.3 is 10.4 Å². The molecule has 1 atom stereocenters. The summed E-state index contributed by atoms with van der Waals surface area (Å²) < 4.78 is 40.8. The third-order valence-electron chi connectivity index (χ3n) is 3.95. The number of amides is 1. The zero-order valence-corrected chi connectivity index (χ0v) is 14.6. The smallest absolute Gasteiger partial charge is 0.418 e. The number of hydrogen-bond donors (Lipinski definition) is 2. The summed E-state index contributed by atoms with van der Waals surface area (Å²) in [6.07, 6.45) is -3.41. The van der Waals surface area contributed by atoms with Crippen molar-refractivity contribution < 1.29 is 27.9 Å². The lowest BCUT2D eigenvalue weighted by Crippen LogP contribution is -2.30. The van der Waals surface area contributed by atoms with Gasteiger partial charge in [0.15, 0.2) is 0 Å². The Hall–Kier alpha value is -2.28. The molecule has 1 aromatic heterocycles. The summed E-state index contributed by atoms with van der Waals surface area (Å²) in [5, 5.41) is 19.8. The second-order valence-corrected chi connectivity index (χ2v) is 6.97. The van der Waals surface area contributed by atoms with Gasteiger partial charge in [0.05, 0.1) is 16.9 Å². The number of carbonyl (C=O) groups is 2. The molecule has 0 fully saturated rings. The summed E-state index contributed by atoms with van der Waals surface area (Å²) in [6, 6.07) is 1.58. The molecule has 26 heavy (non-hydrogen) atoms. The second-order valence-electron chi connectivity index (χ2n) is 6.01. The molecule has 0 aliphatic heterocycles. The Kier molecular flexibility index (Phi) is 6.13. The number of hydrogen-bond acceptors (Lipinski definition) is 5. The molecule has 1 heterocycles. The molecule has 2 rings (SSSR count). The minimum absolute atomic E-state index is 0.0625. The monoisotopic (exact) mass is 387 g/mol. The van der Waals surface area contributed by atoms with E-state index in [1.807, 2.05) is 6.92 Å². The Morgan fingerprint density at radius 3 is 2.73 bits per heavy atom. The molecule has 1 aromatic rings. The summed E-state index contributed by atoms with van der Waals surface area (Å²) in [5.41, 5.74) is -1.18. The highest BCUT2D eigenvalue weighted by atomic mass is 32.2. The standard InChI is InChI=1S/C16H16F3N3O3S/c1-8-2-3-11-9(4-8)14(16(17,18)19)10(5-20)15(22-11)26-7-12(23)21-6-13(24)25/h8H,2-4,6-7H2,1H3,(H,21,23)(H,24,25)/t8-/m1/s1. The Bertz CT molecular complexity index is 775. The number of carbonyl (C=O) groups excluding carboxylic acids is 1. The molecule has 1 aliphatic rings. The number of aromatic nitrogens is 1. The average molecular weight is 387 g/mol. The Labute approximate surface area is 151 Å². The number of fused-ring (bicyclic) bond motifs is 1. The van der Waals surface area contributed by atoms with Gasteiger partial charge in [0.2, 0.25) is 5.91 Å². The van der Waals surface area contributed by atoms with E-state index in [2.05, 4.69) is 10.3 Å². The Morgan fingerprint density at radius 1 is 1.46 bits per heavy atom. The first kappa shape index (κ1) is 20.0. The molecule has 6 nitrogen and oxygen atoms in total. The molecular weight excluding hydrogens is 371 g/mol. The maximum Gasteiger partial charge on any atom is 0.418 e. The third kappa shape index (κ3) is 4.66. The van der Waals surface area contributed by atoms with Crippen LogP contribution in [0.5, 0.6) is 0 Å². The predicted octanol–water partition coefficient (Wildman–Crippen LogP) is 2.39. The van der Waals surface area contributed by atoms with Gasteiger partial charge in [-0.2, -0.15) is 18.4 Å². The molecular formula is C16H16F3N3O3S. The van der Waals surface area contributed by atoms with E-state index < -0.39 is 35.7 Å². The lowest BCUT2D eigenvalue weighted by Gasteiger charge is -2.26. The maximum atomic E-state index is 13.6. The molecule has 140 valence electrons. The topological polar surface area (TPSA) is 103 Å². The highest BCUT2D eigenvalue weighted by Gasteiger charge is 2.40. The van der Waals surface area contributed by atoms with Crippen LogP contribution in [0.25, 0.3) is 0 Å². The number of aryl methyl sites for hydroxylation is 1. The van der Waals surface area contributed by atoms with E-state index in [1.54, 1.807) is 6.07 Å². The van der Waals surface area contributed by atoms with Crippen molar-refractivity contribution >= 4 is 23.6 Å². The summed E-state index contributed by atoms with van der Waals surface area (Å²) in [6.45, 7) is 1.26. The van der Waals surface area contributed by atoms with E-state index in [-0.39, 0.29) is 28.7 Å². The number of halogens is 3. The maximum absolute atomic E-state index is 13.6. The van der Waals surface area contributed by atoms with Gasteiger partial charge in [-0.25, -0.2) is 4.98 Å². The van der Waals surface area contributed by atoms with Crippen molar-refractivity contribution in [1.82, 2.24) is 10.3 Å². The van der Waals surface area contributed by atoms with Crippen molar-refractivity contribution in [3.63, 3.8) is 0 Å². The molecule has 0 spiro atoms. The van der Waals surface area contributed by atoms with E-state index in [0.717, 1.165) is 0 Å². The molecule has 0 unspecified atom stereocenters. The first-order chi connectivity index (χ1) is 12.1. The van der Waals surface area contributed by atoms with Gasteiger partial charge in [-0.15, -0.1) is 0 Å². The average Bonchev–Trinajstić information content (AvgIpc) is 2.55. The molecule has 1 aliphatic carbocycles. The molecule has 0 saturated carbocycles. The highest BCUT2D eigenvalue weighted by Crippen LogP contribution is 2.41. The largest absolute Gasteiger partial charge is 0.480 e. The number of pyridine rings is 1. The summed E-state index contributed by atoms with van der Waals surface area (Å²) >= 11 is 0.697. The zero-order chi connectivity index (χ0) is 19.5. The number of carboxylic acids is 1. The molecule has 0 saturated heterocycles. The van der Waals surface area contributed by atoms with Crippen molar-refractivity contribution in [3.8, 4) is 6.07 Å². The van der Waals surface area contributed by atoms with Crippen LogP contribution in [0, 0.1) is 17.2 Å². The van der Waals surface area contributed by atoms with Crippen LogP contribution in [0.3, 0.4) is 0 Å². The van der Waals surface area contributed by atoms with E-state index in [4.69, 9.17) is 5.11 Å². The van der Waals surface area contributed by atoms with Crippen molar-refractivity contribution in [3.05, 3.63) is 22.4 Å². The predicted molar refractivity (Wildman–Crippen MR) is 86.5 cm³/mol. The van der Waals surface area contributed by atoms with Gasteiger partial charge in [0, 0.05) is 5.69 Å². The number of aliphatic carboxylic acids is 1. The SMILES string of the molecule is C[C@@H]1CCc2nc(SCC(=O)NCC(=O)O)c(C#N)c(C(F)(F)F)c2C1. The number of alkyl halides is 3. The molecule has 0 aromatic carbocycles. The van der Waals surface area contributed by atoms with Crippen molar-refractivity contribution in [2.45, 2.75) is 37.4 Å². The first-order valence-electron chi connectivity index (χ1n) is 7.77. The van der Waals surface area contributed by atoms with Crippen LogP contribution in [-0.4, -0.2) is 34.3 Å². The Balaban J connectivity index is 2.37. The summed E-state index contributed by atoms with van der Waals surface area (Å²) in [5.74, 6) is -2.16. The van der Waals surface area contributed by atoms with Gasteiger partial charge in [-0.1, -0.05) is 18.7 Å². The number of rotatable bonds is 5. The zero-order valence-electron chi connectivity index (χ0n) is 13.8. The lowest BCUT2D eigenvalue weighted by molar-refractivity contribution is -0.139. The minimum atomic E-state index is -4.70. The molecule has 0 bridgehead atoms. The second kappa shape index (κ2) is 7.95. The van der Waals surface area contributed by atoms with Gasteiger partial charge in [-0.3, -0.25) is 9.59 Å². The van der Waals surface area contributed by atoms with E-state index >= 15 is 0 Å². The highest BCUT2D eigenvalue weighted by molar-refractivity contribution is 8.00. The molecule has 10 heteroatoms. The van der Waals surface area contributed by atoms with Crippen molar-refractivity contribution in [2.75, 3.05) is 12.3 Å². The van der Waals surface area contributed by atoms with E-state index in [9.17, 15) is 28.0 Å². The fourth-order valence-corrected chi connectivity index (χ4v) is 3.63. The first-order valence-corrected chi connectivity index (χ1v) is 8.76. The van der Waals surface area contributed by atoms with Crippen LogP contribution in [0.4, 0.5) is 13.2 Å². The normalized spacial score (nSPS) is 16.5. The molecule has 2 N–H and O–H groups in total. The van der Waals surface area contributed by atoms with Crippen LogP contribution < -0.4 is 5.32 Å². The number of nitrogens with one attached hydrogen (secondary N) is 1. The summed E-state index contributed by atoms with van der Waals surface area (Å²) in [7, 11) is 0. The van der Waals surface area contributed by atoms with Crippen molar-refractivity contribution in [2.24, 2.45) is 5.92 Å². The number of nitrogens with zero attached hydrogens (tertiary/aromatic N) is 2. The van der Waals surface area contributed by atoms with Gasteiger partial charge in [0.1, 0.15) is 17.6 Å². The van der Waals surface area contributed by atoms with Gasteiger partial charge in [0.25, 0.3) is 0 Å². The van der Waals surface area contributed by atoms with Crippen LogP contribution in [-0.2, 0) is 28.6 Å².